The maximum absolute atomic E-state index is 13.0. The van der Waals surface area contributed by atoms with Gasteiger partial charge < -0.3 is 9.80 Å². The first kappa shape index (κ1) is 15.7. The predicted molar refractivity (Wildman–Crippen MR) is 88.7 cm³/mol. The molecule has 6 nitrogen and oxygen atoms in total. The number of aromatic nitrogens is 3. The van der Waals surface area contributed by atoms with E-state index in [9.17, 15) is 4.79 Å². The average Bonchev–Trinajstić information content (AvgIpc) is 2.99. The number of nitrogens with zero attached hydrogens (tertiary/aromatic N) is 5. The van der Waals surface area contributed by atoms with Gasteiger partial charge in [-0.1, -0.05) is 13.0 Å². The van der Waals surface area contributed by atoms with Crippen molar-refractivity contribution in [2.24, 2.45) is 0 Å². The number of pyridine rings is 1. The minimum Gasteiger partial charge on any atom is -0.333 e. The molecular weight excluding hydrogens is 290 g/mol. The van der Waals surface area contributed by atoms with Crippen molar-refractivity contribution in [3.8, 4) is 5.82 Å². The minimum absolute atomic E-state index is 0.0737. The highest BCUT2D eigenvalue weighted by molar-refractivity contribution is 5.95. The van der Waals surface area contributed by atoms with Gasteiger partial charge in [0.2, 0.25) is 0 Å². The Morgan fingerprint density at radius 1 is 1.35 bits per heavy atom. The fourth-order valence-electron chi connectivity index (χ4n) is 3.17. The molecule has 1 aliphatic rings. The third kappa shape index (κ3) is 2.99. The molecule has 1 aliphatic heterocycles. The number of hydrogen-bond donors (Lipinski definition) is 0. The van der Waals surface area contributed by atoms with E-state index in [1.165, 1.54) is 0 Å². The van der Waals surface area contributed by atoms with Crippen LogP contribution in [-0.2, 0) is 6.42 Å². The largest absolute Gasteiger partial charge is 0.333 e. The van der Waals surface area contributed by atoms with Gasteiger partial charge in [0, 0.05) is 31.9 Å². The summed E-state index contributed by atoms with van der Waals surface area (Å²) < 4.78 is 1.77. The first-order chi connectivity index (χ1) is 11.1. The summed E-state index contributed by atoms with van der Waals surface area (Å²) in [4.78, 5) is 21.5. The number of carbonyl (C=O) groups is 1. The number of hydrogen-bond acceptors (Lipinski definition) is 4. The summed E-state index contributed by atoms with van der Waals surface area (Å²) in [6.45, 7) is 6.71. The standard InChI is InChI=1S/C17H23N5O/c1-4-15-14(11-19-22(15)16-7-5-6-8-18-16)17(23)21-10-9-20(3)12-13(21)2/h5-8,11,13H,4,9-10,12H2,1-3H3/t13-/m1/s1. The summed E-state index contributed by atoms with van der Waals surface area (Å²) in [5, 5.41) is 4.41. The van der Waals surface area contributed by atoms with E-state index in [0.717, 1.165) is 37.6 Å². The SMILES string of the molecule is CCc1c(C(=O)N2CCN(C)C[C@H]2C)cnn1-c1ccccn1. The van der Waals surface area contributed by atoms with Crippen LogP contribution in [0, 0.1) is 0 Å². The van der Waals surface area contributed by atoms with E-state index in [2.05, 4.69) is 29.0 Å². The fraction of sp³-hybridized carbons (Fsp3) is 0.471. The molecule has 1 atom stereocenters. The van der Waals surface area contributed by atoms with Crippen molar-refractivity contribution in [2.45, 2.75) is 26.3 Å². The summed E-state index contributed by atoms with van der Waals surface area (Å²) in [6, 6.07) is 5.91. The predicted octanol–water partition coefficient (Wildman–Crippen LogP) is 1.61. The highest BCUT2D eigenvalue weighted by atomic mass is 16.2. The first-order valence-electron chi connectivity index (χ1n) is 8.09. The van der Waals surface area contributed by atoms with Gasteiger partial charge in [0.25, 0.3) is 5.91 Å². The van der Waals surface area contributed by atoms with Crippen molar-refractivity contribution in [1.29, 1.82) is 0 Å². The van der Waals surface area contributed by atoms with Crippen LogP contribution in [0.15, 0.2) is 30.6 Å². The van der Waals surface area contributed by atoms with Crippen molar-refractivity contribution in [3.05, 3.63) is 41.9 Å². The molecule has 3 rings (SSSR count). The quantitative estimate of drug-likeness (QED) is 0.864. The van der Waals surface area contributed by atoms with Gasteiger partial charge in [0.05, 0.1) is 17.5 Å². The molecule has 23 heavy (non-hydrogen) atoms. The van der Waals surface area contributed by atoms with Crippen molar-refractivity contribution < 1.29 is 4.79 Å². The number of amides is 1. The van der Waals surface area contributed by atoms with Crippen LogP contribution in [0.5, 0.6) is 0 Å². The second-order valence-corrected chi connectivity index (χ2v) is 6.07. The lowest BCUT2D eigenvalue weighted by molar-refractivity contribution is 0.0532. The summed E-state index contributed by atoms with van der Waals surface area (Å²) in [7, 11) is 2.09. The van der Waals surface area contributed by atoms with E-state index in [1.54, 1.807) is 17.1 Å². The van der Waals surface area contributed by atoms with Crippen LogP contribution in [0.3, 0.4) is 0 Å². The molecule has 6 heteroatoms. The van der Waals surface area contributed by atoms with Crippen LogP contribution in [0.1, 0.15) is 29.9 Å². The van der Waals surface area contributed by atoms with Crippen molar-refractivity contribution in [3.63, 3.8) is 0 Å². The maximum atomic E-state index is 13.0. The molecule has 0 aliphatic carbocycles. The van der Waals surface area contributed by atoms with Crippen LogP contribution in [-0.4, -0.2) is 63.2 Å². The average molecular weight is 313 g/mol. The normalized spacial score (nSPS) is 19.1. The molecule has 0 spiro atoms. The Kier molecular flexibility index (Phi) is 4.43. The van der Waals surface area contributed by atoms with Crippen LogP contribution in [0.2, 0.25) is 0 Å². The third-order valence-corrected chi connectivity index (χ3v) is 4.39. The Morgan fingerprint density at radius 3 is 2.83 bits per heavy atom. The van der Waals surface area contributed by atoms with Gasteiger partial charge in [-0.25, -0.2) is 9.67 Å². The second kappa shape index (κ2) is 6.50. The zero-order valence-electron chi connectivity index (χ0n) is 13.9. The molecular formula is C17H23N5O. The van der Waals surface area contributed by atoms with Gasteiger partial charge in [-0.15, -0.1) is 0 Å². The molecule has 2 aromatic heterocycles. The molecule has 0 aromatic carbocycles. The van der Waals surface area contributed by atoms with Crippen LogP contribution >= 0.6 is 0 Å². The van der Waals surface area contributed by atoms with Gasteiger partial charge in [-0.3, -0.25) is 4.79 Å². The molecule has 0 bridgehead atoms. The van der Waals surface area contributed by atoms with Gasteiger partial charge in [0.15, 0.2) is 5.82 Å². The van der Waals surface area contributed by atoms with Crippen LogP contribution in [0.4, 0.5) is 0 Å². The van der Waals surface area contributed by atoms with E-state index in [1.807, 2.05) is 30.0 Å². The van der Waals surface area contributed by atoms with Crippen molar-refractivity contribution in [1.82, 2.24) is 24.6 Å². The topological polar surface area (TPSA) is 54.3 Å². The van der Waals surface area contributed by atoms with E-state index in [0.29, 0.717) is 5.56 Å². The zero-order chi connectivity index (χ0) is 16.4. The maximum Gasteiger partial charge on any atom is 0.257 e. The Hall–Kier alpha value is -2.21. The zero-order valence-corrected chi connectivity index (χ0v) is 13.9. The lowest BCUT2D eigenvalue weighted by Gasteiger charge is -2.38. The van der Waals surface area contributed by atoms with Crippen molar-refractivity contribution in [2.75, 3.05) is 26.7 Å². The van der Waals surface area contributed by atoms with E-state index < -0.39 is 0 Å². The lowest BCUT2D eigenvalue weighted by atomic mass is 10.1. The van der Waals surface area contributed by atoms with Crippen LogP contribution < -0.4 is 0 Å². The summed E-state index contributed by atoms with van der Waals surface area (Å²) in [5.74, 6) is 0.819. The highest BCUT2D eigenvalue weighted by Crippen LogP contribution is 2.19. The number of carbonyl (C=O) groups excluding carboxylic acids is 1. The molecule has 122 valence electrons. The van der Waals surface area contributed by atoms with Crippen LogP contribution in [0.25, 0.3) is 5.82 Å². The summed E-state index contributed by atoms with van der Waals surface area (Å²) >= 11 is 0. The Bertz CT molecular complexity index is 682. The molecule has 1 amide bonds. The minimum atomic E-state index is 0.0737. The van der Waals surface area contributed by atoms with E-state index in [4.69, 9.17) is 0 Å². The smallest absolute Gasteiger partial charge is 0.257 e. The molecule has 0 saturated carbocycles. The second-order valence-electron chi connectivity index (χ2n) is 6.07. The molecule has 2 aromatic rings. The molecule has 0 radical (unpaired) electrons. The molecule has 0 unspecified atom stereocenters. The fourth-order valence-corrected chi connectivity index (χ4v) is 3.17. The Labute approximate surface area is 136 Å². The number of rotatable bonds is 3. The van der Waals surface area contributed by atoms with Crippen molar-refractivity contribution >= 4 is 5.91 Å². The van der Waals surface area contributed by atoms with Gasteiger partial charge >= 0.3 is 0 Å². The monoisotopic (exact) mass is 313 g/mol. The Morgan fingerprint density at radius 2 is 2.17 bits per heavy atom. The molecule has 3 heterocycles. The van der Waals surface area contributed by atoms with E-state index in [-0.39, 0.29) is 11.9 Å². The van der Waals surface area contributed by atoms with Gasteiger partial charge in [-0.05, 0) is 32.5 Å². The molecule has 1 fully saturated rings. The van der Waals surface area contributed by atoms with E-state index >= 15 is 0 Å². The Balaban J connectivity index is 1.91. The van der Waals surface area contributed by atoms with Gasteiger partial charge in [0.1, 0.15) is 0 Å². The summed E-state index contributed by atoms with van der Waals surface area (Å²) in [6.07, 6.45) is 4.15. The molecule has 0 N–H and O–H groups in total. The molecule has 1 saturated heterocycles. The van der Waals surface area contributed by atoms with Gasteiger partial charge in [-0.2, -0.15) is 5.10 Å². The summed E-state index contributed by atoms with van der Waals surface area (Å²) in [5.41, 5.74) is 1.61. The third-order valence-electron chi connectivity index (χ3n) is 4.39. The number of piperazine rings is 1. The highest BCUT2D eigenvalue weighted by Gasteiger charge is 2.29. The number of likely N-dealkylation sites (N-methyl/N-ethyl adjacent to an activating group) is 1. The lowest BCUT2D eigenvalue weighted by Crippen LogP contribution is -2.52. The first-order valence-corrected chi connectivity index (χ1v) is 8.09.